The van der Waals surface area contributed by atoms with E-state index in [9.17, 15) is 4.79 Å². The Hall–Kier alpha value is -0.770. The molecule has 0 bridgehead atoms. The van der Waals surface area contributed by atoms with Gasteiger partial charge in [0.2, 0.25) is 5.76 Å². The highest BCUT2D eigenvalue weighted by atomic mass is 79.9. The van der Waals surface area contributed by atoms with Crippen LogP contribution in [0.15, 0.2) is 22.8 Å². The van der Waals surface area contributed by atoms with Crippen LogP contribution in [0, 0.1) is 0 Å². The van der Waals surface area contributed by atoms with Crippen molar-refractivity contribution in [3.8, 4) is 0 Å². The highest BCUT2D eigenvalue weighted by molar-refractivity contribution is 9.06. The van der Waals surface area contributed by atoms with Crippen LogP contribution >= 0.6 is 16.3 Å². The van der Waals surface area contributed by atoms with Crippen molar-refractivity contribution in [3.05, 3.63) is 24.2 Å². The van der Waals surface area contributed by atoms with Crippen molar-refractivity contribution >= 4 is 22.2 Å². The molecule has 0 aliphatic rings. The summed E-state index contributed by atoms with van der Waals surface area (Å²) in [7, 11) is 0. The number of rotatable bonds is 1. The molecular formula is C5H3BrO3. The molecular weight excluding hydrogens is 188 g/mol. The lowest BCUT2D eigenvalue weighted by molar-refractivity contribution is 0.0749. The molecule has 3 nitrogen and oxygen atoms in total. The largest absolute Gasteiger partial charge is 0.457 e. The number of furan rings is 1. The van der Waals surface area contributed by atoms with Gasteiger partial charge in [0, 0.05) is 0 Å². The maximum Gasteiger partial charge on any atom is 0.385 e. The lowest BCUT2D eigenvalue weighted by Gasteiger charge is -1.86. The molecule has 1 aromatic heterocycles. The predicted molar refractivity (Wildman–Crippen MR) is 33.1 cm³/mol. The van der Waals surface area contributed by atoms with E-state index in [-0.39, 0.29) is 5.76 Å². The molecule has 1 aromatic rings. The van der Waals surface area contributed by atoms with E-state index in [0.29, 0.717) is 0 Å². The summed E-state index contributed by atoms with van der Waals surface area (Å²) in [6.45, 7) is 0. The van der Waals surface area contributed by atoms with Crippen LogP contribution in [0.5, 0.6) is 0 Å². The van der Waals surface area contributed by atoms with Crippen LogP contribution in [0.1, 0.15) is 10.6 Å². The molecule has 4 heteroatoms. The van der Waals surface area contributed by atoms with Gasteiger partial charge in [-0.25, -0.2) is 4.79 Å². The van der Waals surface area contributed by atoms with Crippen molar-refractivity contribution < 1.29 is 13.0 Å². The number of halogens is 1. The summed E-state index contributed by atoms with van der Waals surface area (Å²) in [5.41, 5.74) is 0. The molecule has 9 heavy (non-hydrogen) atoms. The second-order valence-electron chi connectivity index (χ2n) is 1.34. The van der Waals surface area contributed by atoms with Crippen LogP contribution in [0.3, 0.4) is 0 Å². The number of carbonyl (C=O) groups is 1. The highest BCUT2D eigenvalue weighted by Crippen LogP contribution is 2.03. The van der Waals surface area contributed by atoms with Gasteiger partial charge in [0.25, 0.3) is 0 Å². The first-order valence-electron chi connectivity index (χ1n) is 2.21. The number of hydrogen-bond acceptors (Lipinski definition) is 3. The van der Waals surface area contributed by atoms with Crippen LogP contribution < -0.4 is 0 Å². The van der Waals surface area contributed by atoms with Gasteiger partial charge in [-0.3, -0.25) is 0 Å². The third-order valence-corrected chi connectivity index (χ3v) is 1.09. The smallest absolute Gasteiger partial charge is 0.385 e. The van der Waals surface area contributed by atoms with Gasteiger partial charge < -0.3 is 8.25 Å². The third-order valence-electron chi connectivity index (χ3n) is 0.792. The van der Waals surface area contributed by atoms with Crippen LogP contribution in [-0.4, -0.2) is 5.97 Å². The molecule has 0 aliphatic carbocycles. The first-order valence-corrected chi connectivity index (χ1v) is 2.86. The molecule has 0 spiro atoms. The van der Waals surface area contributed by atoms with E-state index in [1.165, 1.54) is 12.3 Å². The van der Waals surface area contributed by atoms with Gasteiger partial charge in [-0.2, -0.15) is 0 Å². The summed E-state index contributed by atoms with van der Waals surface area (Å²) in [6, 6.07) is 3.13. The average Bonchev–Trinajstić information content (AvgIpc) is 2.37. The Morgan fingerprint density at radius 3 is 3.00 bits per heavy atom. The van der Waals surface area contributed by atoms with Gasteiger partial charge in [0.1, 0.15) is 0 Å². The van der Waals surface area contributed by atoms with Gasteiger partial charge in [0.15, 0.2) is 16.3 Å². The van der Waals surface area contributed by atoms with E-state index < -0.39 is 5.97 Å². The second-order valence-corrected chi connectivity index (χ2v) is 1.67. The van der Waals surface area contributed by atoms with Crippen LogP contribution in [0.25, 0.3) is 0 Å². The molecule has 0 saturated carbocycles. The van der Waals surface area contributed by atoms with E-state index in [4.69, 9.17) is 0 Å². The quantitative estimate of drug-likeness (QED) is 0.678. The van der Waals surface area contributed by atoms with Crippen molar-refractivity contribution in [2.75, 3.05) is 0 Å². The van der Waals surface area contributed by atoms with Gasteiger partial charge in [-0.05, 0) is 12.1 Å². The molecule has 0 aliphatic heterocycles. The minimum atomic E-state index is -0.528. The molecule has 0 saturated heterocycles. The monoisotopic (exact) mass is 190 g/mol. The average molecular weight is 191 g/mol. The first-order chi connectivity index (χ1) is 4.34. The summed E-state index contributed by atoms with van der Waals surface area (Å²) in [6.07, 6.45) is 1.40. The summed E-state index contributed by atoms with van der Waals surface area (Å²) in [4.78, 5) is 10.5. The Labute approximate surface area is 60.1 Å². The maximum absolute atomic E-state index is 10.5. The SMILES string of the molecule is O=C(OBr)c1ccco1. The molecule has 0 radical (unpaired) electrons. The molecule has 48 valence electrons. The van der Waals surface area contributed by atoms with Crippen molar-refractivity contribution in [2.45, 2.75) is 0 Å². The van der Waals surface area contributed by atoms with Gasteiger partial charge in [-0.1, -0.05) is 0 Å². The first kappa shape index (κ1) is 6.35. The maximum atomic E-state index is 10.5. The highest BCUT2D eigenvalue weighted by Gasteiger charge is 2.06. The van der Waals surface area contributed by atoms with E-state index >= 15 is 0 Å². The molecule has 0 atom stereocenters. The molecule has 0 aromatic carbocycles. The number of carbonyl (C=O) groups excluding carboxylic acids is 1. The minimum absolute atomic E-state index is 0.187. The lowest BCUT2D eigenvalue weighted by atomic mass is 10.5. The van der Waals surface area contributed by atoms with Gasteiger partial charge in [-0.15, -0.1) is 0 Å². The third kappa shape index (κ3) is 1.32. The van der Waals surface area contributed by atoms with Gasteiger partial charge >= 0.3 is 5.97 Å². The fourth-order valence-electron chi connectivity index (χ4n) is 0.433. The molecule has 0 N–H and O–H groups in total. The van der Waals surface area contributed by atoms with E-state index in [0.717, 1.165) is 0 Å². The summed E-state index contributed by atoms with van der Waals surface area (Å²) >= 11 is 2.53. The van der Waals surface area contributed by atoms with Crippen molar-refractivity contribution in [1.29, 1.82) is 0 Å². The topological polar surface area (TPSA) is 39.4 Å². The normalized spacial score (nSPS) is 9.00. The Balaban J connectivity index is 2.77. The Kier molecular flexibility index (Phi) is 1.89. The van der Waals surface area contributed by atoms with Crippen LogP contribution in [0.2, 0.25) is 0 Å². The summed E-state index contributed by atoms with van der Waals surface area (Å²) in [5.74, 6) is -0.341. The lowest BCUT2D eigenvalue weighted by Crippen LogP contribution is -1.93. The molecule has 1 heterocycles. The Morgan fingerprint density at radius 2 is 2.56 bits per heavy atom. The summed E-state index contributed by atoms with van der Waals surface area (Å²) < 4.78 is 8.86. The zero-order chi connectivity index (χ0) is 6.69. The van der Waals surface area contributed by atoms with Crippen LogP contribution in [0.4, 0.5) is 0 Å². The predicted octanol–water partition coefficient (Wildman–Crippen LogP) is 1.75. The standard InChI is InChI=1S/C5H3BrO3/c6-9-5(7)4-2-1-3-8-4/h1-3H. The van der Waals surface area contributed by atoms with E-state index in [1.54, 1.807) is 6.07 Å². The van der Waals surface area contributed by atoms with Crippen molar-refractivity contribution in [3.63, 3.8) is 0 Å². The molecule has 0 unspecified atom stereocenters. The molecule has 1 rings (SSSR count). The summed E-state index contributed by atoms with van der Waals surface area (Å²) in [5, 5.41) is 0. The zero-order valence-electron chi connectivity index (χ0n) is 4.33. The fourth-order valence-corrected chi connectivity index (χ4v) is 0.592. The Bertz CT molecular complexity index is 192. The van der Waals surface area contributed by atoms with E-state index in [1.807, 2.05) is 0 Å². The van der Waals surface area contributed by atoms with Crippen molar-refractivity contribution in [1.82, 2.24) is 0 Å². The van der Waals surface area contributed by atoms with Gasteiger partial charge in [0.05, 0.1) is 6.26 Å². The number of hydrogen-bond donors (Lipinski definition) is 0. The zero-order valence-corrected chi connectivity index (χ0v) is 5.92. The molecule has 0 fully saturated rings. The van der Waals surface area contributed by atoms with E-state index in [2.05, 4.69) is 24.5 Å². The second kappa shape index (κ2) is 2.68. The Morgan fingerprint density at radius 1 is 1.78 bits per heavy atom. The fraction of sp³-hybridized carbons (Fsp3) is 0. The van der Waals surface area contributed by atoms with Crippen molar-refractivity contribution in [2.24, 2.45) is 0 Å². The van der Waals surface area contributed by atoms with Crippen LogP contribution in [-0.2, 0) is 3.83 Å². The minimum Gasteiger partial charge on any atom is -0.457 e. The molecule has 0 amide bonds.